The monoisotopic (exact) mass is 248 g/mol. The summed E-state index contributed by atoms with van der Waals surface area (Å²) in [7, 11) is 0. The van der Waals surface area contributed by atoms with Crippen molar-refractivity contribution >= 4 is 0 Å². The topological polar surface area (TPSA) is 35.5 Å². The van der Waals surface area contributed by atoms with Crippen LogP contribution in [0.2, 0.25) is 0 Å². The molecule has 1 aromatic rings. The Hall–Kier alpha value is -1.06. The van der Waals surface area contributed by atoms with Crippen molar-refractivity contribution in [3.8, 4) is 5.75 Å². The summed E-state index contributed by atoms with van der Waals surface area (Å²) in [4.78, 5) is 2.50. The predicted octanol–water partition coefficient (Wildman–Crippen LogP) is 2.13. The number of para-hydroxylation sites is 1. The number of aryl methyl sites for hydroxylation is 1. The molecule has 1 atom stereocenters. The van der Waals surface area contributed by atoms with Crippen LogP contribution in [0.3, 0.4) is 0 Å². The van der Waals surface area contributed by atoms with Crippen LogP contribution in [-0.2, 0) is 6.54 Å². The molecule has 0 aromatic heterocycles. The smallest absolute Gasteiger partial charge is 0.122 e. The highest BCUT2D eigenvalue weighted by molar-refractivity contribution is 5.39. The normalized spacial score (nSPS) is 20.4. The Morgan fingerprint density at radius 3 is 3.00 bits per heavy atom. The summed E-state index contributed by atoms with van der Waals surface area (Å²) in [5.74, 6) is 1.20. The van der Waals surface area contributed by atoms with E-state index in [2.05, 4.69) is 17.1 Å². The highest BCUT2D eigenvalue weighted by Gasteiger charge is 2.20. The maximum Gasteiger partial charge on any atom is 0.122 e. The van der Waals surface area contributed by atoms with Crippen LogP contribution in [0.25, 0.3) is 0 Å². The Kier molecular flexibility index (Phi) is 4.61. The third kappa shape index (κ3) is 3.24. The van der Waals surface area contributed by atoms with E-state index in [0.717, 1.165) is 36.7 Å². The van der Waals surface area contributed by atoms with Crippen molar-refractivity contribution in [1.82, 2.24) is 10.2 Å². The minimum absolute atomic E-state index is 0.437. The molecule has 1 fully saturated rings. The number of phenolic OH excluding ortho intramolecular Hbond substituents is 1. The van der Waals surface area contributed by atoms with Crippen molar-refractivity contribution in [3.63, 3.8) is 0 Å². The Morgan fingerprint density at radius 2 is 2.28 bits per heavy atom. The first-order valence-electron chi connectivity index (χ1n) is 6.91. The van der Waals surface area contributed by atoms with Crippen molar-refractivity contribution in [2.75, 3.05) is 26.2 Å². The van der Waals surface area contributed by atoms with Crippen LogP contribution in [0.1, 0.15) is 24.5 Å². The molecule has 3 nitrogen and oxygen atoms in total. The fourth-order valence-electron chi connectivity index (χ4n) is 2.64. The van der Waals surface area contributed by atoms with Gasteiger partial charge in [0.25, 0.3) is 0 Å². The number of hydrogen-bond acceptors (Lipinski definition) is 3. The van der Waals surface area contributed by atoms with Gasteiger partial charge < -0.3 is 15.3 Å². The van der Waals surface area contributed by atoms with Crippen LogP contribution in [0.15, 0.2) is 18.2 Å². The molecular weight excluding hydrogens is 224 g/mol. The average Bonchev–Trinajstić information content (AvgIpc) is 2.82. The van der Waals surface area contributed by atoms with E-state index in [0.29, 0.717) is 5.75 Å². The second-order valence-corrected chi connectivity index (χ2v) is 5.26. The highest BCUT2D eigenvalue weighted by Crippen LogP contribution is 2.21. The first-order chi connectivity index (χ1) is 8.70. The lowest BCUT2D eigenvalue weighted by atomic mass is 10.1. The van der Waals surface area contributed by atoms with Gasteiger partial charge in [0.05, 0.1) is 0 Å². The summed E-state index contributed by atoms with van der Waals surface area (Å²) in [5.41, 5.74) is 1.95. The van der Waals surface area contributed by atoms with Crippen molar-refractivity contribution in [2.45, 2.75) is 26.8 Å². The zero-order valence-corrected chi connectivity index (χ0v) is 11.4. The molecule has 1 aliphatic rings. The second-order valence-electron chi connectivity index (χ2n) is 5.26. The maximum absolute atomic E-state index is 9.92. The lowest BCUT2D eigenvalue weighted by Crippen LogP contribution is -2.26. The van der Waals surface area contributed by atoms with Gasteiger partial charge in [-0.15, -0.1) is 0 Å². The van der Waals surface area contributed by atoms with Crippen LogP contribution in [0.5, 0.6) is 5.75 Å². The van der Waals surface area contributed by atoms with Crippen molar-refractivity contribution < 1.29 is 5.11 Å². The summed E-state index contributed by atoms with van der Waals surface area (Å²) in [6, 6.07) is 5.93. The molecule has 0 radical (unpaired) electrons. The van der Waals surface area contributed by atoms with E-state index < -0.39 is 0 Å². The first-order valence-corrected chi connectivity index (χ1v) is 6.91. The lowest BCUT2D eigenvalue weighted by Gasteiger charge is -2.14. The van der Waals surface area contributed by atoms with Gasteiger partial charge in [0, 0.05) is 18.7 Å². The number of nitrogens with zero attached hydrogens (tertiary/aromatic N) is 1. The molecule has 2 rings (SSSR count). The van der Waals surface area contributed by atoms with Gasteiger partial charge in [-0.25, -0.2) is 0 Å². The third-order valence-electron chi connectivity index (χ3n) is 3.89. The molecule has 1 saturated heterocycles. The lowest BCUT2D eigenvalue weighted by molar-refractivity contribution is 0.338. The molecule has 100 valence electrons. The summed E-state index contributed by atoms with van der Waals surface area (Å²) in [5, 5.41) is 13.4. The van der Waals surface area contributed by atoms with Crippen molar-refractivity contribution in [1.29, 1.82) is 0 Å². The predicted molar refractivity (Wildman–Crippen MR) is 74.8 cm³/mol. The summed E-state index contributed by atoms with van der Waals surface area (Å²) >= 11 is 0. The van der Waals surface area contributed by atoms with Gasteiger partial charge in [-0.2, -0.15) is 0 Å². The van der Waals surface area contributed by atoms with Gasteiger partial charge in [0.2, 0.25) is 0 Å². The maximum atomic E-state index is 9.92. The molecule has 0 bridgehead atoms. The number of aromatic hydroxyl groups is 1. The van der Waals surface area contributed by atoms with E-state index in [9.17, 15) is 5.11 Å². The minimum Gasteiger partial charge on any atom is -0.507 e. The quantitative estimate of drug-likeness (QED) is 0.838. The van der Waals surface area contributed by atoms with Crippen molar-refractivity contribution in [3.05, 3.63) is 29.3 Å². The number of likely N-dealkylation sites (tertiary alicyclic amines) is 1. The number of nitrogens with one attached hydrogen (secondary N) is 1. The summed E-state index contributed by atoms with van der Waals surface area (Å²) in [6.45, 7) is 9.58. The van der Waals surface area contributed by atoms with Gasteiger partial charge >= 0.3 is 0 Å². The average molecular weight is 248 g/mol. The molecule has 18 heavy (non-hydrogen) atoms. The molecule has 0 aliphatic carbocycles. The van der Waals surface area contributed by atoms with Gasteiger partial charge in [-0.3, -0.25) is 0 Å². The zero-order chi connectivity index (χ0) is 13.0. The van der Waals surface area contributed by atoms with E-state index in [1.165, 1.54) is 19.5 Å². The minimum atomic E-state index is 0.437. The largest absolute Gasteiger partial charge is 0.507 e. The third-order valence-corrected chi connectivity index (χ3v) is 3.89. The van der Waals surface area contributed by atoms with E-state index >= 15 is 0 Å². The van der Waals surface area contributed by atoms with E-state index in [-0.39, 0.29) is 0 Å². The Morgan fingerprint density at radius 1 is 1.44 bits per heavy atom. The SMILES string of the molecule is CCN1CCC(CNCc2cccc(C)c2O)C1. The summed E-state index contributed by atoms with van der Waals surface area (Å²) in [6.07, 6.45) is 1.29. The van der Waals surface area contributed by atoms with Crippen LogP contribution < -0.4 is 5.32 Å². The molecule has 1 heterocycles. The Balaban J connectivity index is 1.77. The van der Waals surface area contributed by atoms with Crippen LogP contribution in [-0.4, -0.2) is 36.2 Å². The molecule has 1 unspecified atom stereocenters. The molecule has 2 N–H and O–H groups in total. The summed E-state index contributed by atoms with van der Waals surface area (Å²) < 4.78 is 0. The number of rotatable bonds is 5. The van der Waals surface area contributed by atoms with Gasteiger partial charge in [0.15, 0.2) is 0 Å². The molecule has 0 spiro atoms. The standard InChI is InChI=1S/C15H24N2O/c1-3-17-8-7-13(11-17)9-16-10-14-6-4-5-12(2)15(14)18/h4-6,13,16,18H,3,7-11H2,1-2H3. The molecule has 1 aromatic carbocycles. The fraction of sp³-hybridized carbons (Fsp3) is 0.600. The Bertz CT molecular complexity index is 392. The number of phenols is 1. The number of hydrogen-bond donors (Lipinski definition) is 2. The first kappa shape index (κ1) is 13.4. The Labute approximate surface area is 110 Å². The molecule has 0 saturated carbocycles. The van der Waals surface area contributed by atoms with Crippen LogP contribution in [0.4, 0.5) is 0 Å². The van der Waals surface area contributed by atoms with Gasteiger partial charge in [-0.05, 0) is 44.5 Å². The zero-order valence-electron chi connectivity index (χ0n) is 11.4. The van der Waals surface area contributed by atoms with Gasteiger partial charge in [0.1, 0.15) is 5.75 Å². The molecular formula is C15H24N2O. The van der Waals surface area contributed by atoms with Gasteiger partial charge in [-0.1, -0.05) is 25.1 Å². The van der Waals surface area contributed by atoms with Crippen LogP contribution in [0, 0.1) is 12.8 Å². The number of benzene rings is 1. The highest BCUT2D eigenvalue weighted by atomic mass is 16.3. The molecule has 1 aliphatic heterocycles. The van der Waals surface area contributed by atoms with E-state index in [1.54, 1.807) is 0 Å². The van der Waals surface area contributed by atoms with E-state index in [4.69, 9.17) is 0 Å². The second kappa shape index (κ2) is 6.21. The molecule has 0 amide bonds. The van der Waals surface area contributed by atoms with Crippen molar-refractivity contribution in [2.24, 2.45) is 5.92 Å². The van der Waals surface area contributed by atoms with E-state index in [1.807, 2.05) is 25.1 Å². The van der Waals surface area contributed by atoms with Crippen LogP contribution >= 0.6 is 0 Å². The fourth-order valence-corrected chi connectivity index (χ4v) is 2.64. The molecule has 3 heteroatoms.